The van der Waals surface area contributed by atoms with Crippen LogP contribution in [0.1, 0.15) is 12.8 Å². The SMILES string of the molecule is Br.O=C1NCCCC1Br. The second kappa shape index (κ2) is 4.28. The highest BCUT2D eigenvalue weighted by molar-refractivity contribution is 9.10. The fourth-order valence-electron chi connectivity index (χ4n) is 0.735. The Kier molecular flexibility index (Phi) is 4.48. The fraction of sp³-hybridized carbons (Fsp3) is 0.800. The van der Waals surface area contributed by atoms with Gasteiger partial charge in [-0.3, -0.25) is 4.79 Å². The van der Waals surface area contributed by atoms with Gasteiger partial charge in [0.2, 0.25) is 5.91 Å². The summed E-state index contributed by atoms with van der Waals surface area (Å²) in [5.74, 6) is 0.135. The van der Waals surface area contributed by atoms with Crippen molar-refractivity contribution in [1.29, 1.82) is 0 Å². The third kappa shape index (κ3) is 2.67. The number of carbonyl (C=O) groups excluding carboxylic acids is 1. The maximum atomic E-state index is 10.6. The minimum absolute atomic E-state index is 0. The quantitative estimate of drug-likeness (QED) is 0.651. The molecule has 2 nitrogen and oxygen atoms in total. The second-order valence-corrected chi connectivity index (χ2v) is 3.01. The van der Waals surface area contributed by atoms with E-state index < -0.39 is 0 Å². The van der Waals surface area contributed by atoms with Crippen molar-refractivity contribution in [3.05, 3.63) is 0 Å². The number of amides is 1. The summed E-state index contributed by atoms with van der Waals surface area (Å²) in [6, 6.07) is 0. The molecule has 1 N–H and O–H groups in total. The van der Waals surface area contributed by atoms with Gasteiger partial charge < -0.3 is 5.32 Å². The van der Waals surface area contributed by atoms with Gasteiger partial charge in [0, 0.05) is 6.54 Å². The molecule has 0 aromatic heterocycles. The van der Waals surface area contributed by atoms with Crippen molar-refractivity contribution in [3.63, 3.8) is 0 Å². The monoisotopic (exact) mass is 257 g/mol. The first-order valence-electron chi connectivity index (χ1n) is 2.72. The highest BCUT2D eigenvalue weighted by Gasteiger charge is 2.17. The van der Waals surface area contributed by atoms with E-state index in [1.165, 1.54) is 0 Å². The molecule has 54 valence electrons. The Bertz CT molecular complexity index is 107. The summed E-state index contributed by atoms with van der Waals surface area (Å²) in [7, 11) is 0. The van der Waals surface area contributed by atoms with E-state index in [0.29, 0.717) is 0 Å². The van der Waals surface area contributed by atoms with Gasteiger partial charge in [-0.15, -0.1) is 17.0 Å². The molecule has 0 spiro atoms. The third-order valence-corrected chi connectivity index (χ3v) is 2.09. The molecule has 1 rings (SSSR count). The maximum absolute atomic E-state index is 10.6. The smallest absolute Gasteiger partial charge is 0.233 e. The van der Waals surface area contributed by atoms with Gasteiger partial charge in [0.15, 0.2) is 0 Å². The van der Waals surface area contributed by atoms with E-state index in [9.17, 15) is 4.79 Å². The van der Waals surface area contributed by atoms with E-state index in [-0.39, 0.29) is 27.7 Å². The van der Waals surface area contributed by atoms with Crippen LogP contribution < -0.4 is 5.32 Å². The molecular weight excluding hydrogens is 250 g/mol. The Labute approximate surface area is 73.3 Å². The van der Waals surface area contributed by atoms with Crippen LogP contribution in [0.5, 0.6) is 0 Å². The molecule has 1 fully saturated rings. The lowest BCUT2D eigenvalue weighted by atomic mass is 10.2. The number of halogens is 2. The molecular formula is C5H9Br2NO. The number of alkyl halides is 1. The molecule has 1 aliphatic rings. The van der Waals surface area contributed by atoms with Crippen LogP contribution in [-0.2, 0) is 4.79 Å². The number of hydrogen-bond acceptors (Lipinski definition) is 1. The Hall–Kier alpha value is 0.430. The molecule has 4 heteroatoms. The van der Waals surface area contributed by atoms with Gasteiger partial charge in [0.05, 0.1) is 4.83 Å². The fourth-order valence-corrected chi connectivity index (χ4v) is 1.22. The van der Waals surface area contributed by atoms with Crippen molar-refractivity contribution in [2.24, 2.45) is 0 Å². The van der Waals surface area contributed by atoms with Crippen molar-refractivity contribution in [1.82, 2.24) is 5.32 Å². The molecule has 1 amide bonds. The first-order chi connectivity index (χ1) is 3.80. The van der Waals surface area contributed by atoms with Crippen LogP contribution in [0.25, 0.3) is 0 Å². The molecule has 1 aliphatic heterocycles. The molecule has 0 aromatic rings. The number of piperidine rings is 1. The van der Waals surface area contributed by atoms with Crippen molar-refractivity contribution in [3.8, 4) is 0 Å². The molecule has 0 saturated carbocycles. The van der Waals surface area contributed by atoms with Crippen LogP contribution in [0, 0.1) is 0 Å². The summed E-state index contributed by atoms with van der Waals surface area (Å²) >= 11 is 3.24. The van der Waals surface area contributed by atoms with Gasteiger partial charge in [0.25, 0.3) is 0 Å². The average molecular weight is 259 g/mol. The molecule has 1 unspecified atom stereocenters. The van der Waals surface area contributed by atoms with Gasteiger partial charge in [-0.25, -0.2) is 0 Å². The molecule has 9 heavy (non-hydrogen) atoms. The lowest BCUT2D eigenvalue weighted by Gasteiger charge is -2.15. The molecule has 0 aromatic carbocycles. The lowest BCUT2D eigenvalue weighted by molar-refractivity contribution is -0.121. The molecule has 1 atom stereocenters. The second-order valence-electron chi connectivity index (χ2n) is 1.90. The summed E-state index contributed by atoms with van der Waals surface area (Å²) in [4.78, 5) is 10.7. The Morgan fingerprint density at radius 2 is 2.33 bits per heavy atom. The zero-order valence-corrected chi connectivity index (χ0v) is 8.19. The van der Waals surface area contributed by atoms with Crippen LogP contribution in [0.4, 0.5) is 0 Å². The van der Waals surface area contributed by atoms with Crippen LogP contribution in [0.2, 0.25) is 0 Å². The zero-order chi connectivity index (χ0) is 5.98. The predicted octanol–water partition coefficient (Wildman–Crippen LogP) is 1.24. The highest BCUT2D eigenvalue weighted by Crippen LogP contribution is 2.10. The first kappa shape index (κ1) is 9.43. The summed E-state index contributed by atoms with van der Waals surface area (Å²) in [5, 5.41) is 2.75. The van der Waals surface area contributed by atoms with Gasteiger partial charge in [-0.2, -0.15) is 0 Å². The normalized spacial score (nSPS) is 26.3. The molecule has 0 bridgehead atoms. The zero-order valence-electron chi connectivity index (χ0n) is 4.89. The number of carbonyl (C=O) groups is 1. The minimum Gasteiger partial charge on any atom is -0.355 e. The molecule has 1 heterocycles. The van der Waals surface area contributed by atoms with E-state index in [4.69, 9.17) is 0 Å². The average Bonchev–Trinajstić information content (AvgIpc) is 1.77. The van der Waals surface area contributed by atoms with Crippen LogP contribution >= 0.6 is 32.9 Å². The largest absolute Gasteiger partial charge is 0.355 e. The van der Waals surface area contributed by atoms with Gasteiger partial charge in [0.1, 0.15) is 0 Å². The summed E-state index contributed by atoms with van der Waals surface area (Å²) in [6.45, 7) is 0.848. The van der Waals surface area contributed by atoms with Gasteiger partial charge >= 0.3 is 0 Å². The Balaban J connectivity index is 0.000000640. The Morgan fingerprint density at radius 3 is 2.67 bits per heavy atom. The van der Waals surface area contributed by atoms with Crippen molar-refractivity contribution in [2.45, 2.75) is 17.7 Å². The number of rotatable bonds is 0. The Morgan fingerprint density at radius 1 is 1.67 bits per heavy atom. The highest BCUT2D eigenvalue weighted by atomic mass is 79.9. The first-order valence-corrected chi connectivity index (χ1v) is 3.64. The predicted molar refractivity (Wildman–Crippen MR) is 45.3 cm³/mol. The van der Waals surface area contributed by atoms with Crippen molar-refractivity contribution < 1.29 is 4.79 Å². The van der Waals surface area contributed by atoms with Crippen molar-refractivity contribution in [2.75, 3.05) is 6.54 Å². The van der Waals surface area contributed by atoms with Crippen LogP contribution in [-0.4, -0.2) is 17.3 Å². The van der Waals surface area contributed by atoms with Crippen LogP contribution in [0.15, 0.2) is 0 Å². The standard InChI is InChI=1S/C5H8BrNO.BrH/c6-4-2-1-3-7-5(4)8;/h4H,1-3H2,(H,7,8);1H. The lowest BCUT2D eigenvalue weighted by Crippen LogP contribution is -2.36. The molecule has 0 radical (unpaired) electrons. The molecule has 1 saturated heterocycles. The topological polar surface area (TPSA) is 29.1 Å². The minimum atomic E-state index is 0. The van der Waals surface area contributed by atoms with E-state index in [2.05, 4.69) is 21.2 Å². The third-order valence-electron chi connectivity index (χ3n) is 1.22. The van der Waals surface area contributed by atoms with Crippen molar-refractivity contribution >= 4 is 38.8 Å². The van der Waals surface area contributed by atoms with Gasteiger partial charge in [-0.1, -0.05) is 15.9 Å². The maximum Gasteiger partial charge on any atom is 0.233 e. The summed E-state index contributed by atoms with van der Waals surface area (Å²) in [6.07, 6.45) is 2.08. The summed E-state index contributed by atoms with van der Waals surface area (Å²) in [5.41, 5.74) is 0. The summed E-state index contributed by atoms with van der Waals surface area (Å²) < 4.78 is 0. The van der Waals surface area contributed by atoms with E-state index in [1.54, 1.807) is 0 Å². The number of nitrogens with one attached hydrogen (secondary N) is 1. The van der Waals surface area contributed by atoms with E-state index in [0.717, 1.165) is 19.4 Å². The van der Waals surface area contributed by atoms with Crippen LogP contribution in [0.3, 0.4) is 0 Å². The van der Waals surface area contributed by atoms with E-state index in [1.807, 2.05) is 0 Å². The molecule has 0 aliphatic carbocycles. The van der Waals surface area contributed by atoms with Gasteiger partial charge in [-0.05, 0) is 12.8 Å². The number of hydrogen-bond donors (Lipinski definition) is 1. The van der Waals surface area contributed by atoms with E-state index >= 15 is 0 Å².